The molecule has 0 aromatic heterocycles. The summed E-state index contributed by atoms with van der Waals surface area (Å²) in [6, 6.07) is 0.647. The topological polar surface area (TPSA) is 3.24 Å². The molecule has 124 valence electrons. The molecular weight excluding hydrogens is 254 g/mol. The largest absolute Gasteiger partial charge is 0.300 e. The van der Waals surface area contributed by atoms with Crippen molar-refractivity contribution >= 4 is 0 Å². The lowest BCUT2D eigenvalue weighted by Crippen LogP contribution is -2.44. The van der Waals surface area contributed by atoms with Gasteiger partial charge in [0, 0.05) is 6.04 Å². The summed E-state index contributed by atoms with van der Waals surface area (Å²) in [6.45, 7) is 17.9. The zero-order chi connectivity index (χ0) is 16.1. The van der Waals surface area contributed by atoms with E-state index in [1.165, 1.54) is 38.6 Å². The molecule has 0 bridgehead atoms. The van der Waals surface area contributed by atoms with Crippen LogP contribution < -0.4 is 0 Å². The molecule has 0 aromatic rings. The molecule has 0 amide bonds. The summed E-state index contributed by atoms with van der Waals surface area (Å²) in [5.74, 6) is 0. The zero-order valence-electron chi connectivity index (χ0n) is 15.3. The SMILES string of the molecule is C=CCCCCCN(CC)C(C)C(C)(CC)CC=CCC. The van der Waals surface area contributed by atoms with Gasteiger partial charge in [-0.2, -0.15) is 0 Å². The van der Waals surface area contributed by atoms with Crippen molar-refractivity contribution in [3.05, 3.63) is 24.8 Å². The quantitative estimate of drug-likeness (QED) is 0.288. The highest BCUT2D eigenvalue weighted by molar-refractivity contribution is 4.93. The Hall–Kier alpha value is -0.560. The Morgan fingerprint density at radius 2 is 1.81 bits per heavy atom. The van der Waals surface area contributed by atoms with E-state index in [4.69, 9.17) is 0 Å². The van der Waals surface area contributed by atoms with Gasteiger partial charge in [-0.15, -0.1) is 6.58 Å². The molecule has 0 saturated heterocycles. The molecule has 0 aliphatic rings. The van der Waals surface area contributed by atoms with E-state index in [9.17, 15) is 0 Å². The van der Waals surface area contributed by atoms with Crippen LogP contribution in [-0.4, -0.2) is 24.0 Å². The fraction of sp³-hybridized carbons (Fsp3) is 0.800. The fourth-order valence-corrected chi connectivity index (χ4v) is 2.98. The standard InChI is InChI=1S/C20H39N/c1-7-11-13-14-16-18-21(10-4)19(5)20(6,9-3)17-15-12-8-2/h7,12,15,19H,1,8-11,13-14,16-18H2,2-6H3. The van der Waals surface area contributed by atoms with Gasteiger partial charge in [0.05, 0.1) is 0 Å². The molecule has 0 aliphatic carbocycles. The third-order valence-electron chi connectivity index (χ3n) is 5.11. The minimum atomic E-state index is 0.392. The van der Waals surface area contributed by atoms with Gasteiger partial charge in [-0.25, -0.2) is 0 Å². The summed E-state index contributed by atoms with van der Waals surface area (Å²) < 4.78 is 0. The molecule has 1 nitrogen and oxygen atoms in total. The van der Waals surface area contributed by atoms with E-state index in [1.807, 2.05) is 6.08 Å². The first kappa shape index (κ1) is 20.4. The first-order valence-corrected chi connectivity index (χ1v) is 9.05. The summed E-state index contributed by atoms with van der Waals surface area (Å²) in [5, 5.41) is 0. The Kier molecular flexibility index (Phi) is 11.7. The number of hydrogen-bond acceptors (Lipinski definition) is 1. The Labute approximate surface area is 134 Å². The minimum absolute atomic E-state index is 0.392. The second-order valence-corrected chi connectivity index (χ2v) is 6.53. The molecule has 21 heavy (non-hydrogen) atoms. The zero-order valence-corrected chi connectivity index (χ0v) is 15.3. The molecule has 0 rings (SSSR count). The first-order valence-electron chi connectivity index (χ1n) is 9.05. The number of allylic oxidation sites excluding steroid dienone is 3. The van der Waals surface area contributed by atoms with Crippen molar-refractivity contribution in [2.45, 2.75) is 85.6 Å². The predicted molar refractivity (Wildman–Crippen MR) is 97.8 cm³/mol. The molecule has 0 fully saturated rings. The average Bonchev–Trinajstić information content (AvgIpc) is 2.50. The Morgan fingerprint density at radius 3 is 2.33 bits per heavy atom. The summed E-state index contributed by atoms with van der Waals surface area (Å²) in [4.78, 5) is 2.68. The van der Waals surface area contributed by atoms with E-state index >= 15 is 0 Å². The van der Waals surface area contributed by atoms with Crippen molar-refractivity contribution in [3.8, 4) is 0 Å². The van der Waals surface area contributed by atoms with Gasteiger partial charge in [0.1, 0.15) is 0 Å². The van der Waals surface area contributed by atoms with Crippen LogP contribution in [0.15, 0.2) is 24.8 Å². The van der Waals surface area contributed by atoms with Crippen molar-refractivity contribution in [1.82, 2.24) is 4.90 Å². The van der Waals surface area contributed by atoms with E-state index in [0.717, 1.165) is 19.4 Å². The van der Waals surface area contributed by atoms with Crippen molar-refractivity contribution in [2.24, 2.45) is 5.41 Å². The lowest BCUT2D eigenvalue weighted by atomic mass is 9.76. The van der Waals surface area contributed by atoms with Crippen molar-refractivity contribution < 1.29 is 0 Å². The molecule has 0 aromatic carbocycles. The average molecular weight is 294 g/mol. The van der Waals surface area contributed by atoms with Crippen LogP contribution in [0.1, 0.15) is 79.6 Å². The van der Waals surface area contributed by atoms with E-state index in [1.54, 1.807) is 0 Å². The van der Waals surface area contributed by atoms with Crippen LogP contribution in [-0.2, 0) is 0 Å². The van der Waals surface area contributed by atoms with Gasteiger partial charge >= 0.3 is 0 Å². The molecular formula is C20H39N. The molecule has 2 atom stereocenters. The molecule has 0 N–H and O–H groups in total. The lowest BCUT2D eigenvalue weighted by molar-refractivity contribution is 0.0876. The highest BCUT2D eigenvalue weighted by atomic mass is 15.2. The highest BCUT2D eigenvalue weighted by Crippen LogP contribution is 2.34. The van der Waals surface area contributed by atoms with Gasteiger partial charge in [0.2, 0.25) is 0 Å². The van der Waals surface area contributed by atoms with Crippen LogP contribution in [0.4, 0.5) is 0 Å². The Morgan fingerprint density at radius 1 is 1.10 bits per heavy atom. The van der Waals surface area contributed by atoms with Crippen LogP contribution in [0.3, 0.4) is 0 Å². The molecule has 2 unspecified atom stereocenters. The first-order chi connectivity index (χ1) is 10.1. The second-order valence-electron chi connectivity index (χ2n) is 6.53. The third-order valence-corrected chi connectivity index (χ3v) is 5.11. The van der Waals surface area contributed by atoms with Gasteiger partial charge in [-0.05, 0) is 64.0 Å². The molecule has 0 aliphatic heterocycles. The third kappa shape index (κ3) is 7.85. The van der Waals surface area contributed by atoms with Crippen LogP contribution in [0.2, 0.25) is 0 Å². The highest BCUT2D eigenvalue weighted by Gasteiger charge is 2.31. The smallest absolute Gasteiger partial charge is 0.0123 e. The summed E-state index contributed by atoms with van der Waals surface area (Å²) in [6.07, 6.45) is 15.4. The molecule has 0 saturated carbocycles. The number of hydrogen-bond donors (Lipinski definition) is 0. The molecule has 0 radical (unpaired) electrons. The van der Waals surface area contributed by atoms with Crippen molar-refractivity contribution in [3.63, 3.8) is 0 Å². The van der Waals surface area contributed by atoms with Crippen LogP contribution >= 0.6 is 0 Å². The summed E-state index contributed by atoms with van der Waals surface area (Å²) >= 11 is 0. The molecule has 1 heteroatoms. The van der Waals surface area contributed by atoms with Crippen LogP contribution in [0, 0.1) is 5.41 Å². The number of rotatable bonds is 13. The maximum Gasteiger partial charge on any atom is 0.0123 e. The van der Waals surface area contributed by atoms with Crippen molar-refractivity contribution in [2.75, 3.05) is 13.1 Å². The van der Waals surface area contributed by atoms with Crippen LogP contribution in [0.5, 0.6) is 0 Å². The van der Waals surface area contributed by atoms with Crippen LogP contribution in [0.25, 0.3) is 0 Å². The minimum Gasteiger partial charge on any atom is -0.300 e. The van der Waals surface area contributed by atoms with Gasteiger partial charge < -0.3 is 4.90 Å². The lowest BCUT2D eigenvalue weighted by Gasteiger charge is -2.41. The van der Waals surface area contributed by atoms with Crippen molar-refractivity contribution in [1.29, 1.82) is 0 Å². The fourth-order valence-electron chi connectivity index (χ4n) is 2.98. The Balaban J connectivity index is 4.45. The van der Waals surface area contributed by atoms with Gasteiger partial charge in [0.25, 0.3) is 0 Å². The molecule has 0 spiro atoms. The van der Waals surface area contributed by atoms with E-state index in [-0.39, 0.29) is 0 Å². The van der Waals surface area contributed by atoms with E-state index in [0.29, 0.717) is 11.5 Å². The predicted octanol–water partition coefficient (Wildman–Crippen LogP) is 6.22. The van der Waals surface area contributed by atoms with E-state index in [2.05, 4.69) is 58.2 Å². The van der Waals surface area contributed by atoms with Gasteiger partial charge in [-0.3, -0.25) is 0 Å². The van der Waals surface area contributed by atoms with Gasteiger partial charge in [0.15, 0.2) is 0 Å². The Bertz CT molecular complexity index is 282. The van der Waals surface area contributed by atoms with E-state index < -0.39 is 0 Å². The maximum absolute atomic E-state index is 3.80. The molecule has 0 heterocycles. The summed E-state index contributed by atoms with van der Waals surface area (Å²) in [7, 11) is 0. The normalized spacial score (nSPS) is 16.3. The number of unbranched alkanes of at least 4 members (excludes halogenated alkanes) is 3. The number of nitrogens with zero attached hydrogens (tertiary/aromatic N) is 1. The van der Waals surface area contributed by atoms with Gasteiger partial charge in [-0.1, -0.05) is 52.3 Å². The second kappa shape index (κ2) is 12.0. The summed E-state index contributed by atoms with van der Waals surface area (Å²) in [5.41, 5.74) is 0.392. The monoisotopic (exact) mass is 293 g/mol. The maximum atomic E-state index is 3.80.